The maximum atomic E-state index is 4.13. The molecule has 0 bridgehead atoms. The fourth-order valence-corrected chi connectivity index (χ4v) is 1.80. The first-order valence-corrected chi connectivity index (χ1v) is 5.83. The van der Waals surface area contributed by atoms with Crippen LogP contribution in [0.5, 0.6) is 0 Å². The van der Waals surface area contributed by atoms with Gasteiger partial charge >= 0.3 is 0 Å². The van der Waals surface area contributed by atoms with Crippen LogP contribution in [0.3, 0.4) is 0 Å². The molecule has 0 saturated heterocycles. The van der Waals surface area contributed by atoms with Crippen LogP contribution in [-0.4, -0.2) is 19.9 Å². The lowest BCUT2D eigenvalue weighted by atomic mass is 10.1. The number of hydrogen-bond donors (Lipinski definition) is 1. The van der Waals surface area contributed by atoms with Crippen molar-refractivity contribution in [2.24, 2.45) is 4.99 Å². The molecule has 0 radical (unpaired) electrons. The van der Waals surface area contributed by atoms with E-state index in [1.54, 1.807) is 7.05 Å². The Morgan fingerprint density at radius 2 is 2.00 bits per heavy atom. The third kappa shape index (κ3) is 4.53. The van der Waals surface area contributed by atoms with Gasteiger partial charge < -0.3 is 5.32 Å². The molecule has 0 saturated carbocycles. The molecule has 1 aromatic carbocycles. The Morgan fingerprint density at radius 1 is 1.33 bits per heavy atom. The quantitative estimate of drug-likeness (QED) is 0.637. The van der Waals surface area contributed by atoms with Crippen molar-refractivity contribution in [1.82, 2.24) is 5.32 Å². The predicted molar refractivity (Wildman–Crippen MR) is 75.2 cm³/mol. The zero-order valence-electron chi connectivity index (χ0n) is 8.55. The Morgan fingerprint density at radius 3 is 2.47 bits per heavy atom. The highest BCUT2D eigenvalue weighted by atomic mass is 79.9. The first-order chi connectivity index (χ1) is 6.67. The Kier molecular flexibility index (Phi) is 7.22. The Labute approximate surface area is 113 Å². The van der Waals surface area contributed by atoms with Crippen molar-refractivity contribution in [3.05, 3.63) is 32.7 Å². The highest BCUT2D eigenvalue weighted by Crippen LogP contribution is 2.23. The molecule has 0 amide bonds. The van der Waals surface area contributed by atoms with E-state index in [9.17, 15) is 0 Å². The molecule has 0 heterocycles. The largest absolute Gasteiger partial charge is 0.377 e. The normalized spacial score (nSPS) is 10.8. The number of nitrogens with one attached hydrogen (secondary N) is 1. The van der Waals surface area contributed by atoms with Gasteiger partial charge in [-0.2, -0.15) is 0 Å². The number of halogens is 3. The van der Waals surface area contributed by atoms with Gasteiger partial charge in [-0.15, -0.1) is 12.4 Å². The molecule has 0 aliphatic heterocycles. The third-order valence-electron chi connectivity index (χ3n) is 1.91. The number of benzene rings is 1. The number of likely N-dealkylation sites (N-methyl/N-ethyl adjacent to an activating group) is 1. The first kappa shape index (κ1) is 14.9. The Bertz CT molecular complexity index is 353. The lowest BCUT2D eigenvalue weighted by molar-refractivity contribution is 1.08. The van der Waals surface area contributed by atoms with Crippen molar-refractivity contribution >= 4 is 50.1 Å². The van der Waals surface area contributed by atoms with Gasteiger partial charge in [0, 0.05) is 29.5 Å². The number of rotatable bonds is 2. The van der Waals surface area contributed by atoms with Gasteiger partial charge in [-0.3, -0.25) is 4.99 Å². The second-order valence-corrected chi connectivity index (χ2v) is 4.55. The summed E-state index contributed by atoms with van der Waals surface area (Å²) in [6, 6.07) is 6.20. The summed E-state index contributed by atoms with van der Waals surface area (Å²) in [6.45, 7) is 0. The van der Waals surface area contributed by atoms with Gasteiger partial charge in [0.05, 0.1) is 0 Å². The molecule has 1 aromatic rings. The van der Waals surface area contributed by atoms with Gasteiger partial charge in [-0.1, -0.05) is 6.07 Å². The predicted octanol–water partition coefficient (Wildman–Crippen LogP) is 3.42. The lowest BCUT2D eigenvalue weighted by Crippen LogP contribution is -2.20. The molecule has 1 rings (SSSR count). The topological polar surface area (TPSA) is 24.4 Å². The minimum Gasteiger partial charge on any atom is -0.377 e. The summed E-state index contributed by atoms with van der Waals surface area (Å²) in [4.78, 5) is 4.13. The monoisotopic (exact) mass is 354 g/mol. The first-order valence-electron chi connectivity index (χ1n) is 4.24. The molecule has 0 aromatic heterocycles. The second-order valence-electron chi connectivity index (χ2n) is 2.85. The zero-order valence-corrected chi connectivity index (χ0v) is 12.5. The highest BCUT2D eigenvalue weighted by Gasteiger charge is 2.01. The zero-order chi connectivity index (χ0) is 10.6. The molecule has 5 heteroatoms. The van der Waals surface area contributed by atoms with E-state index in [-0.39, 0.29) is 12.4 Å². The van der Waals surface area contributed by atoms with Crippen molar-refractivity contribution < 1.29 is 0 Å². The standard InChI is InChI=1S/C10H12Br2N2.ClH/c1-13-10(14-2)6-7-3-4-8(11)9(12)5-7;/h3-5H,6H2,1-2H3,(H,13,14);1H. The van der Waals surface area contributed by atoms with E-state index in [0.717, 1.165) is 21.2 Å². The average Bonchev–Trinajstić information content (AvgIpc) is 2.19. The van der Waals surface area contributed by atoms with Gasteiger partial charge in [0.1, 0.15) is 5.84 Å². The molecule has 0 spiro atoms. The number of nitrogens with zero attached hydrogens (tertiary/aromatic N) is 1. The van der Waals surface area contributed by atoms with Gasteiger partial charge in [-0.25, -0.2) is 0 Å². The molecule has 15 heavy (non-hydrogen) atoms. The van der Waals surface area contributed by atoms with Crippen LogP contribution in [-0.2, 0) is 6.42 Å². The summed E-state index contributed by atoms with van der Waals surface area (Å²) in [6.07, 6.45) is 0.832. The van der Waals surface area contributed by atoms with Crippen LogP contribution in [0.2, 0.25) is 0 Å². The van der Waals surface area contributed by atoms with Gasteiger partial charge in [0.25, 0.3) is 0 Å². The van der Waals surface area contributed by atoms with Crippen molar-refractivity contribution in [3.63, 3.8) is 0 Å². The molecule has 2 nitrogen and oxygen atoms in total. The van der Waals surface area contributed by atoms with E-state index in [1.807, 2.05) is 13.1 Å². The van der Waals surface area contributed by atoms with Crippen LogP contribution in [0.15, 0.2) is 32.1 Å². The maximum Gasteiger partial charge on any atom is 0.100 e. The molecular formula is C10H13Br2ClN2. The number of aliphatic imine (C=N–C) groups is 1. The van der Waals surface area contributed by atoms with Crippen LogP contribution in [0.4, 0.5) is 0 Å². The summed E-state index contributed by atoms with van der Waals surface area (Å²) in [5.74, 6) is 0.985. The Balaban J connectivity index is 0.00000196. The molecule has 0 aliphatic rings. The fourth-order valence-electron chi connectivity index (χ4n) is 1.12. The van der Waals surface area contributed by atoms with E-state index in [0.29, 0.717) is 0 Å². The van der Waals surface area contributed by atoms with Crippen molar-refractivity contribution in [2.45, 2.75) is 6.42 Å². The fraction of sp³-hybridized carbons (Fsp3) is 0.300. The van der Waals surface area contributed by atoms with Crippen molar-refractivity contribution in [3.8, 4) is 0 Å². The van der Waals surface area contributed by atoms with E-state index >= 15 is 0 Å². The maximum absolute atomic E-state index is 4.13. The van der Waals surface area contributed by atoms with E-state index in [2.05, 4.69) is 54.3 Å². The summed E-state index contributed by atoms with van der Waals surface area (Å²) in [7, 11) is 3.68. The molecule has 84 valence electrons. The minimum absolute atomic E-state index is 0. The molecule has 0 atom stereocenters. The van der Waals surface area contributed by atoms with E-state index in [1.165, 1.54) is 5.56 Å². The third-order valence-corrected chi connectivity index (χ3v) is 3.79. The lowest BCUT2D eigenvalue weighted by Gasteiger charge is -2.06. The van der Waals surface area contributed by atoms with E-state index in [4.69, 9.17) is 0 Å². The average molecular weight is 356 g/mol. The molecule has 0 aliphatic carbocycles. The Hall–Kier alpha value is -0.0600. The summed E-state index contributed by atoms with van der Waals surface area (Å²) in [5, 5.41) is 3.06. The van der Waals surface area contributed by atoms with Crippen molar-refractivity contribution in [1.29, 1.82) is 0 Å². The second kappa shape index (κ2) is 7.25. The summed E-state index contributed by atoms with van der Waals surface area (Å²) >= 11 is 6.91. The van der Waals surface area contributed by atoms with Gasteiger partial charge in [0.15, 0.2) is 0 Å². The number of hydrogen-bond acceptors (Lipinski definition) is 1. The smallest absolute Gasteiger partial charge is 0.100 e. The van der Waals surface area contributed by atoms with Gasteiger partial charge in [-0.05, 0) is 49.6 Å². The highest BCUT2D eigenvalue weighted by molar-refractivity contribution is 9.13. The van der Waals surface area contributed by atoms with Crippen LogP contribution >= 0.6 is 44.3 Å². The van der Waals surface area contributed by atoms with E-state index < -0.39 is 0 Å². The van der Waals surface area contributed by atoms with Crippen LogP contribution in [0.1, 0.15) is 5.56 Å². The van der Waals surface area contributed by atoms with Crippen LogP contribution in [0, 0.1) is 0 Å². The van der Waals surface area contributed by atoms with Crippen LogP contribution < -0.4 is 5.32 Å². The number of amidine groups is 1. The van der Waals surface area contributed by atoms with Crippen molar-refractivity contribution in [2.75, 3.05) is 14.1 Å². The molecule has 0 fully saturated rings. The van der Waals surface area contributed by atoms with Gasteiger partial charge in [0.2, 0.25) is 0 Å². The summed E-state index contributed by atoms with van der Waals surface area (Å²) in [5.41, 5.74) is 1.23. The minimum atomic E-state index is 0. The summed E-state index contributed by atoms with van der Waals surface area (Å²) < 4.78 is 2.14. The SMILES string of the molecule is CN=C(Cc1ccc(Br)c(Br)c1)NC.Cl. The molecule has 1 N–H and O–H groups in total. The molecule has 0 unspecified atom stereocenters. The van der Waals surface area contributed by atoms with Crippen LogP contribution in [0.25, 0.3) is 0 Å². The molecular weight excluding hydrogens is 343 g/mol.